The summed E-state index contributed by atoms with van der Waals surface area (Å²) in [5, 5.41) is 16.3. The van der Waals surface area contributed by atoms with Crippen molar-refractivity contribution in [2.75, 3.05) is 33.3 Å². The van der Waals surface area contributed by atoms with Gasteiger partial charge in [0, 0.05) is 32.7 Å². The highest BCUT2D eigenvalue weighted by Crippen LogP contribution is 2.25. The largest absolute Gasteiger partial charge is 0.504 e. The van der Waals surface area contributed by atoms with Crippen molar-refractivity contribution in [1.82, 2.24) is 9.91 Å². The summed E-state index contributed by atoms with van der Waals surface area (Å²) in [5.74, 6) is 0.608. The Kier molecular flexibility index (Phi) is 5.56. The van der Waals surface area contributed by atoms with Crippen molar-refractivity contribution in [3.05, 3.63) is 59.2 Å². The number of piperazine rings is 1. The first-order chi connectivity index (χ1) is 12.1. The molecular weight excluding hydrogens is 314 g/mol. The second-order valence-corrected chi connectivity index (χ2v) is 6.39. The lowest BCUT2D eigenvalue weighted by atomic mass is 10.1. The zero-order valence-corrected chi connectivity index (χ0v) is 14.9. The summed E-state index contributed by atoms with van der Waals surface area (Å²) in [6.45, 7) is 6.95. The van der Waals surface area contributed by atoms with Crippen LogP contribution in [0.3, 0.4) is 0 Å². The van der Waals surface area contributed by atoms with Crippen LogP contribution in [0.25, 0.3) is 0 Å². The van der Waals surface area contributed by atoms with Crippen molar-refractivity contribution in [2.45, 2.75) is 13.5 Å². The van der Waals surface area contributed by atoms with Gasteiger partial charge in [-0.05, 0) is 36.2 Å². The van der Waals surface area contributed by atoms with Gasteiger partial charge in [0.1, 0.15) is 0 Å². The number of phenolic OH excluding ortho intramolecular Hbond substituents is 1. The lowest BCUT2D eigenvalue weighted by Crippen LogP contribution is -2.43. The number of methoxy groups -OCH3 is 1. The van der Waals surface area contributed by atoms with Crippen LogP contribution in [0.5, 0.6) is 11.5 Å². The van der Waals surface area contributed by atoms with E-state index < -0.39 is 0 Å². The summed E-state index contributed by atoms with van der Waals surface area (Å²) in [6, 6.07) is 14.0. The van der Waals surface area contributed by atoms with Crippen LogP contribution in [0.2, 0.25) is 0 Å². The molecule has 0 aromatic heterocycles. The van der Waals surface area contributed by atoms with E-state index in [2.05, 4.69) is 46.2 Å². The third-order valence-electron chi connectivity index (χ3n) is 4.45. The Morgan fingerprint density at radius 2 is 1.80 bits per heavy atom. The highest BCUT2D eigenvalue weighted by molar-refractivity contribution is 5.80. The first kappa shape index (κ1) is 17.3. The molecule has 1 heterocycles. The molecule has 2 aromatic carbocycles. The Morgan fingerprint density at radius 3 is 2.48 bits per heavy atom. The van der Waals surface area contributed by atoms with Crippen molar-refractivity contribution in [3.8, 4) is 11.5 Å². The third kappa shape index (κ3) is 4.73. The third-order valence-corrected chi connectivity index (χ3v) is 4.45. The van der Waals surface area contributed by atoms with Gasteiger partial charge in [0.25, 0.3) is 0 Å². The number of aromatic hydroxyl groups is 1. The first-order valence-electron chi connectivity index (χ1n) is 8.58. The van der Waals surface area contributed by atoms with E-state index in [4.69, 9.17) is 4.74 Å². The standard InChI is InChI=1S/C20H25N3O2/c1-16-3-5-17(6-4-16)15-22-9-11-23(12-10-22)21-14-18-7-8-19(24)20(13-18)25-2/h3-8,13-14,24H,9-12,15H2,1-2H3. The molecule has 132 valence electrons. The number of rotatable bonds is 5. The molecule has 0 bridgehead atoms. The maximum absolute atomic E-state index is 9.63. The second-order valence-electron chi connectivity index (χ2n) is 6.39. The first-order valence-corrected chi connectivity index (χ1v) is 8.58. The van der Waals surface area contributed by atoms with E-state index in [1.165, 1.54) is 11.1 Å². The van der Waals surface area contributed by atoms with Crippen LogP contribution in [-0.2, 0) is 6.54 Å². The number of phenols is 1. The fourth-order valence-electron chi connectivity index (χ4n) is 2.89. The van der Waals surface area contributed by atoms with Crippen LogP contribution in [0.1, 0.15) is 16.7 Å². The Labute approximate surface area is 149 Å². The van der Waals surface area contributed by atoms with Crippen LogP contribution in [0, 0.1) is 6.92 Å². The fraction of sp³-hybridized carbons (Fsp3) is 0.350. The van der Waals surface area contributed by atoms with E-state index in [9.17, 15) is 5.11 Å². The van der Waals surface area contributed by atoms with Gasteiger partial charge in [-0.15, -0.1) is 0 Å². The molecule has 1 fully saturated rings. The smallest absolute Gasteiger partial charge is 0.161 e. The predicted molar refractivity (Wildman–Crippen MR) is 100 cm³/mol. The molecule has 0 unspecified atom stereocenters. The van der Waals surface area contributed by atoms with E-state index in [-0.39, 0.29) is 5.75 Å². The number of ether oxygens (including phenoxy) is 1. The molecule has 0 aliphatic carbocycles. The minimum Gasteiger partial charge on any atom is -0.504 e. The van der Waals surface area contributed by atoms with Gasteiger partial charge in [-0.1, -0.05) is 29.8 Å². The predicted octanol–water partition coefficient (Wildman–Crippen LogP) is 2.86. The Balaban J connectivity index is 1.51. The average Bonchev–Trinajstić information content (AvgIpc) is 2.64. The molecule has 1 aliphatic rings. The van der Waals surface area contributed by atoms with Crippen LogP contribution in [-0.4, -0.2) is 54.5 Å². The number of hydrazone groups is 1. The molecule has 0 radical (unpaired) electrons. The van der Waals surface area contributed by atoms with Gasteiger partial charge in [-0.2, -0.15) is 5.10 Å². The summed E-state index contributed by atoms with van der Waals surface area (Å²) in [6.07, 6.45) is 1.82. The Hall–Kier alpha value is -2.53. The van der Waals surface area contributed by atoms with E-state index in [0.29, 0.717) is 5.75 Å². The summed E-state index contributed by atoms with van der Waals surface area (Å²) >= 11 is 0. The zero-order valence-electron chi connectivity index (χ0n) is 14.9. The van der Waals surface area contributed by atoms with Crippen LogP contribution < -0.4 is 4.74 Å². The minimum atomic E-state index is 0.143. The molecule has 0 spiro atoms. The Morgan fingerprint density at radius 1 is 1.08 bits per heavy atom. The van der Waals surface area contributed by atoms with Crippen LogP contribution in [0.4, 0.5) is 0 Å². The molecule has 2 aromatic rings. The van der Waals surface area contributed by atoms with Gasteiger partial charge in [0.15, 0.2) is 11.5 Å². The molecular formula is C20H25N3O2. The highest BCUT2D eigenvalue weighted by atomic mass is 16.5. The number of hydrogen-bond donors (Lipinski definition) is 1. The van der Waals surface area contributed by atoms with Crippen molar-refractivity contribution in [1.29, 1.82) is 0 Å². The Bertz CT molecular complexity index is 720. The van der Waals surface area contributed by atoms with E-state index in [1.807, 2.05) is 12.3 Å². The molecule has 0 atom stereocenters. The average molecular weight is 339 g/mol. The monoisotopic (exact) mass is 339 g/mol. The molecule has 0 amide bonds. The van der Waals surface area contributed by atoms with Crippen molar-refractivity contribution < 1.29 is 9.84 Å². The second kappa shape index (κ2) is 8.03. The molecule has 1 aliphatic heterocycles. The number of nitrogens with zero attached hydrogens (tertiary/aromatic N) is 3. The van der Waals surface area contributed by atoms with Gasteiger partial charge >= 0.3 is 0 Å². The summed E-state index contributed by atoms with van der Waals surface area (Å²) in [5.41, 5.74) is 3.57. The molecule has 5 nitrogen and oxygen atoms in total. The SMILES string of the molecule is COc1cc(C=NN2CCN(Cc3ccc(C)cc3)CC2)ccc1O. The molecule has 0 saturated carbocycles. The summed E-state index contributed by atoms with van der Waals surface area (Å²) in [4.78, 5) is 2.46. The summed E-state index contributed by atoms with van der Waals surface area (Å²) in [7, 11) is 1.54. The lowest BCUT2D eigenvalue weighted by molar-refractivity contribution is 0.131. The van der Waals surface area contributed by atoms with E-state index in [1.54, 1.807) is 19.2 Å². The van der Waals surface area contributed by atoms with Gasteiger partial charge in [0.05, 0.1) is 13.3 Å². The van der Waals surface area contributed by atoms with Crippen molar-refractivity contribution in [3.63, 3.8) is 0 Å². The lowest BCUT2D eigenvalue weighted by Gasteiger charge is -2.33. The van der Waals surface area contributed by atoms with Crippen LogP contribution >= 0.6 is 0 Å². The van der Waals surface area contributed by atoms with Crippen molar-refractivity contribution >= 4 is 6.21 Å². The minimum absolute atomic E-state index is 0.143. The molecule has 1 saturated heterocycles. The quantitative estimate of drug-likeness (QED) is 0.851. The zero-order chi connectivity index (χ0) is 17.6. The normalized spacial score (nSPS) is 15.7. The molecule has 1 N–H and O–H groups in total. The molecule has 5 heteroatoms. The molecule has 25 heavy (non-hydrogen) atoms. The van der Waals surface area contributed by atoms with Gasteiger partial charge in [-0.3, -0.25) is 9.91 Å². The van der Waals surface area contributed by atoms with Gasteiger partial charge in [-0.25, -0.2) is 0 Å². The number of hydrogen-bond acceptors (Lipinski definition) is 5. The van der Waals surface area contributed by atoms with E-state index in [0.717, 1.165) is 38.3 Å². The maximum atomic E-state index is 9.63. The maximum Gasteiger partial charge on any atom is 0.161 e. The van der Waals surface area contributed by atoms with Gasteiger partial charge < -0.3 is 9.84 Å². The topological polar surface area (TPSA) is 48.3 Å². The van der Waals surface area contributed by atoms with Crippen molar-refractivity contribution in [2.24, 2.45) is 5.10 Å². The fourth-order valence-corrected chi connectivity index (χ4v) is 2.89. The summed E-state index contributed by atoms with van der Waals surface area (Å²) < 4.78 is 5.12. The molecule has 3 rings (SSSR count). The number of benzene rings is 2. The number of aryl methyl sites for hydroxylation is 1. The van der Waals surface area contributed by atoms with Crippen LogP contribution in [0.15, 0.2) is 47.6 Å². The van der Waals surface area contributed by atoms with Gasteiger partial charge in [0.2, 0.25) is 0 Å². The van der Waals surface area contributed by atoms with E-state index >= 15 is 0 Å². The highest BCUT2D eigenvalue weighted by Gasteiger charge is 2.15.